The van der Waals surface area contributed by atoms with E-state index in [2.05, 4.69) is 5.10 Å². The van der Waals surface area contributed by atoms with Crippen molar-refractivity contribution in [1.82, 2.24) is 5.01 Å². The van der Waals surface area contributed by atoms with Gasteiger partial charge in [-0.2, -0.15) is 5.10 Å². The van der Waals surface area contributed by atoms with Crippen LogP contribution in [0.15, 0.2) is 23.3 Å². The van der Waals surface area contributed by atoms with Gasteiger partial charge < -0.3 is 9.47 Å². The highest BCUT2D eigenvalue weighted by Crippen LogP contribution is 2.23. The first-order valence-electron chi connectivity index (χ1n) is 9.23. The summed E-state index contributed by atoms with van der Waals surface area (Å²) in [5.41, 5.74) is 2.14. The molecule has 1 atom stereocenters. The molecule has 9 heteroatoms. The van der Waals surface area contributed by atoms with Crippen LogP contribution >= 0.6 is 0 Å². The summed E-state index contributed by atoms with van der Waals surface area (Å²) in [6, 6.07) is 5.33. The fraction of sp³-hybridized carbons (Fsp3) is 0.526. The number of benzene rings is 1. The molecule has 0 unspecified atom stereocenters. The van der Waals surface area contributed by atoms with E-state index in [-0.39, 0.29) is 49.2 Å². The molecule has 0 saturated carbocycles. The van der Waals surface area contributed by atoms with Gasteiger partial charge in [-0.25, -0.2) is 18.2 Å². The molecule has 8 nitrogen and oxygen atoms in total. The molecular weight excluding hydrogens is 384 g/mol. The van der Waals surface area contributed by atoms with E-state index in [0.29, 0.717) is 6.42 Å². The maximum Gasteiger partial charge on any atom is 0.354 e. The van der Waals surface area contributed by atoms with Crippen LogP contribution in [-0.4, -0.2) is 61.8 Å². The van der Waals surface area contributed by atoms with E-state index >= 15 is 0 Å². The number of esters is 1. The lowest BCUT2D eigenvalue weighted by Gasteiger charge is -2.27. The lowest BCUT2D eigenvalue weighted by molar-refractivity contribution is -0.137. The molecule has 2 aliphatic rings. The van der Waals surface area contributed by atoms with Crippen molar-refractivity contribution in [2.24, 2.45) is 5.10 Å². The van der Waals surface area contributed by atoms with Crippen LogP contribution in [0, 0.1) is 13.8 Å². The number of aryl methyl sites for hydroxylation is 2. The first-order valence-corrected chi connectivity index (χ1v) is 11.0. The number of rotatable bonds is 6. The molecular formula is C19H24N2O6S. The number of amides is 1. The summed E-state index contributed by atoms with van der Waals surface area (Å²) in [6.45, 7) is 4.14. The van der Waals surface area contributed by atoms with Crippen LogP contribution in [0.1, 0.15) is 30.4 Å². The summed E-state index contributed by atoms with van der Waals surface area (Å²) in [5, 5.41) is 5.25. The molecule has 0 radical (unpaired) electrons. The summed E-state index contributed by atoms with van der Waals surface area (Å²) < 4.78 is 34.2. The van der Waals surface area contributed by atoms with Gasteiger partial charge in [0.05, 0.1) is 17.5 Å². The largest absolute Gasteiger partial charge is 0.489 e. The monoisotopic (exact) mass is 408 g/mol. The second kappa shape index (κ2) is 8.30. The number of carbonyl (C=O) groups is 2. The number of carbonyl (C=O) groups excluding carboxylic acids is 2. The molecule has 3 rings (SSSR count). The first kappa shape index (κ1) is 20.3. The van der Waals surface area contributed by atoms with Crippen molar-refractivity contribution in [3.8, 4) is 5.75 Å². The van der Waals surface area contributed by atoms with Crippen LogP contribution in [0.3, 0.4) is 0 Å². The molecule has 0 aromatic heterocycles. The van der Waals surface area contributed by atoms with E-state index in [1.807, 2.05) is 32.0 Å². The summed E-state index contributed by atoms with van der Waals surface area (Å²) in [6.07, 6.45) is 0.637. The zero-order chi connectivity index (χ0) is 20.3. The van der Waals surface area contributed by atoms with E-state index in [1.165, 1.54) is 0 Å². The predicted octanol–water partition coefficient (Wildman–Crippen LogP) is 1.39. The lowest BCUT2D eigenvalue weighted by atomic mass is 10.1. The predicted molar refractivity (Wildman–Crippen MR) is 103 cm³/mol. The van der Waals surface area contributed by atoms with E-state index in [4.69, 9.17) is 9.47 Å². The Balaban J connectivity index is 1.55. The number of nitrogens with zero attached hydrogens (tertiary/aromatic N) is 2. The summed E-state index contributed by atoms with van der Waals surface area (Å²) in [5.74, 6) is -0.186. The van der Waals surface area contributed by atoms with E-state index in [1.54, 1.807) is 0 Å². The SMILES string of the molecule is Cc1cccc(C)c1OCCOC(=O)C1=NN([C@@H]2CCS(=O)(=O)C2)C(=O)CC1. The van der Waals surface area contributed by atoms with Gasteiger partial charge in [-0.05, 0) is 31.4 Å². The molecule has 0 aliphatic carbocycles. The van der Waals surface area contributed by atoms with Crippen LogP contribution in [0.2, 0.25) is 0 Å². The number of para-hydroxylation sites is 1. The standard InChI is InChI=1S/C19H24N2O6S/c1-13-4-3-5-14(2)18(13)26-9-10-27-19(23)16-6-7-17(22)21(20-16)15-8-11-28(24,25)12-15/h3-5,15H,6-12H2,1-2H3/t15-/m1/s1. The van der Waals surface area contributed by atoms with Gasteiger partial charge in [0.25, 0.3) is 0 Å². The maximum absolute atomic E-state index is 12.3. The second-order valence-electron chi connectivity index (χ2n) is 7.05. The Hall–Kier alpha value is -2.42. The minimum absolute atomic E-state index is 0.0341. The Morgan fingerprint density at radius 1 is 1.21 bits per heavy atom. The van der Waals surface area contributed by atoms with Crippen molar-refractivity contribution in [3.05, 3.63) is 29.3 Å². The molecule has 152 valence electrons. The number of hydrazone groups is 1. The molecule has 0 N–H and O–H groups in total. The number of hydrogen-bond acceptors (Lipinski definition) is 7. The first-order chi connectivity index (χ1) is 13.3. The van der Waals surface area contributed by atoms with Gasteiger partial charge in [0.15, 0.2) is 9.84 Å². The topological polar surface area (TPSA) is 102 Å². The molecule has 2 aliphatic heterocycles. The van der Waals surface area contributed by atoms with E-state index in [0.717, 1.165) is 21.9 Å². The van der Waals surface area contributed by atoms with Gasteiger partial charge in [0, 0.05) is 12.8 Å². The van der Waals surface area contributed by atoms with Crippen LogP contribution in [0.5, 0.6) is 5.75 Å². The lowest BCUT2D eigenvalue weighted by Crippen LogP contribution is -2.42. The van der Waals surface area contributed by atoms with Crippen molar-refractivity contribution in [1.29, 1.82) is 0 Å². The zero-order valence-electron chi connectivity index (χ0n) is 16.0. The van der Waals surface area contributed by atoms with Crippen LogP contribution in [0.25, 0.3) is 0 Å². The third-order valence-corrected chi connectivity index (χ3v) is 6.57. The second-order valence-corrected chi connectivity index (χ2v) is 9.28. The van der Waals surface area contributed by atoms with Gasteiger partial charge in [0.2, 0.25) is 5.91 Å². The molecule has 1 aromatic rings. The Labute approximate surface area is 164 Å². The molecule has 1 aromatic carbocycles. The van der Waals surface area contributed by atoms with Gasteiger partial charge in [-0.3, -0.25) is 4.79 Å². The van der Waals surface area contributed by atoms with Crippen molar-refractivity contribution >= 4 is 27.4 Å². The minimum atomic E-state index is -3.15. The Bertz CT molecular complexity index is 889. The van der Waals surface area contributed by atoms with Gasteiger partial charge in [0.1, 0.15) is 24.7 Å². The van der Waals surface area contributed by atoms with Crippen molar-refractivity contribution in [3.63, 3.8) is 0 Å². The minimum Gasteiger partial charge on any atom is -0.489 e. The molecule has 28 heavy (non-hydrogen) atoms. The Kier molecular flexibility index (Phi) is 6.02. The summed E-state index contributed by atoms with van der Waals surface area (Å²) >= 11 is 0. The van der Waals surface area contributed by atoms with Crippen molar-refractivity contribution < 1.29 is 27.5 Å². The Morgan fingerprint density at radius 3 is 2.57 bits per heavy atom. The smallest absolute Gasteiger partial charge is 0.354 e. The molecule has 0 spiro atoms. The highest BCUT2D eigenvalue weighted by Gasteiger charge is 2.37. The summed E-state index contributed by atoms with van der Waals surface area (Å²) in [7, 11) is -3.15. The highest BCUT2D eigenvalue weighted by molar-refractivity contribution is 7.91. The fourth-order valence-corrected chi connectivity index (χ4v) is 5.05. The van der Waals surface area contributed by atoms with Crippen molar-refractivity contribution in [2.45, 2.75) is 39.2 Å². The molecule has 2 heterocycles. The molecule has 1 saturated heterocycles. The molecule has 1 fully saturated rings. The third-order valence-electron chi connectivity index (χ3n) is 4.82. The number of ether oxygens (including phenoxy) is 2. The number of hydrogen-bond donors (Lipinski definition) is 0. The van der Waals surface area contributed by atoms with Gasteiger partial charge in [-0.15, -0.1) is 0 Å². The fourth-order valence-electron chi connectivity index (χ4n) is 3.36. The van der Waals surface area contributed by atoms with Gasteiger partial charge >= 0.3 is 5.97 Å². The normalized spacial score (nSPS) is 21.4. The molecule has 0 bridgehead atoms. The van der Waals surface area contributed by atoms with Gasteiger partial charge in [-0.1, -0.05) is 18.2 Å². The third kappa shape index (κ3) is 4.70. The quantitative estimate of drug-likeness (QED) is 0.521. The highest BCUT2D eigenvalue weighted by atomic mass is 32.2. The van der Waals surface area contributed by atoms with Crippen LogP contribution < -0.4 is 4.74 Å². The average molecular weight is 408 g/mol. The van der Waals surface area contributed by atoms with Crippen molar-refractivity contribution in [2.75, 3.05) is 24.7 Å². The Morgan fingerprint density at radius 2 is 1.93 bits per heavy atom. The van der Waals surface area contributed by atoms with Crippen LogP contribution in [-0.2, 0) is 24.2 Å². The zero-order valence-corrected chi connectivity index (χ0v) is 16.8. The maximum atomic E-state index is 12.3. The average Bonchev–Trinajstić information content (AvgIpc) is 3.00. The number of sulfone groups is 1. The van der Waals surface area contributed by atoms with Crippen LogP contribution in [0.4, 0.5) is 0 Å². The molecule has 1 amide bonds. The summed E-state index contributed by atoms with van der Waals surface area (Å²) in [4.78, 5) is 24.4. The van der Waals surface area contributed by atoms with E-state index in [9.17, 15) is 18.0 Å². The van der Waals surface area contributed by atoms with E-state index < -0.39 is 21.8 Å².